The summed E-state index contributed by atoms with van der Waals surface area (Å²) in [6, 6.07) is 41.5. The molecule has 1 unspecified atom stereocenters. The van der Waals surface area contributed by atoms with Crippen molar-refractivity contribution in [2.75, 3.05) is 21.3 Å². The molecule has 0 N–H and O–H groups in total. The normalized spacial score (nSPS) is 14.3. The molecule has 0 saturated carbocycles. The minimum Gasteiger partial charge on any atom is -0.497 e. The van der Waals surface area contributed by atoms with Gasteiger partial charge in [0.05, 0.1) is 21.3 Å². The lowest BCUT2D eigenvalue weighted by Gasteiger charge is -2.33. The van der Waals surface area contributed by atoms with E-state index in [0.717, 1.165) is 30.1 Å². The Kier molecular flexibility index (Phi) is 8.78. The van der Waals surface area contributed by atoms with Gasteiger partial charge in [-0.25, -0.2) is 0 Å². The third kappa shape index (κ3) is 5.19. The molecule has 1 aliphatic carbocycles. The maximum absolute atomic E-state index is 5.86. The summed E-state index contributed by atoms with van der Waals surface area (Å²) >= 11 is 0. The van der Waals surface area contributed by atoms with E-state index in [1.165, 1.54) is 66.4 Å². The Labute approximate surface area is 297 Å². The van der Waals surface area contributed by atoms with Crippen molar-refractivity contribution in [3.63, 3.8) is 0 Å². The van der Waals surface area contributed by atoms with E-state index in [9.17, 15) is 0 Å². The summed E-state index contributed by atoms with van der Waals surface area (Å²) in [6.07, 6.45) is 6.83. The van der Waals surface area contributed by atoms with Gasteiger partial charge in [-0.1, -0.05) is 117 Å². The van der Waals surface area contributed by atoms with Crippen LogP contribution in [0.5, 0.6) is 17.2 Å². The maximum atomic E-state index is 5.86. The van der Waals surface area contributed by atoms with Crippen molar-refractivity contribution in [3.05, 3.63) is 155 Å². The van der Waals surface area contributed by atoms with Gasteiger partial charge in [0.2, 0.25) is 0 Å². The molecule has 0 heterocycles. The second kappa shape index (κ2) is 13.2. The Morgan fingerprint density at radius 1 is 0.640 bits per heavy atom. The summed E-state index contributed by atoms with van der Waals surface area (Å²) in [5.74, 6) is 2.34. The molecule has 7 rings (SSSR count). The van der Waals surface area contributed by atoms with Gasteiger partial charge in [0.15, 0.2) is 11.5 Å². The Morgan fingerprint density at radius 2 is 1.20 bits per heavy atom. The van der Waals surface area contributed by atoms with Crippen molar-refractivity contribution in [2.24, 2.45) is 0 Å². The van der Waals surface area contributed by atoms with E-state index in [2.05, 4.69) is 155 Å². The fraction of sp³-hybridized carbons (Fsp3) is 0.234. The molecule has 6 aromatic carbocycles. The summed E-state index contributed by atoms with van der Waals surface area (Å²) in [4.78, 5) is 0. The molecule has 0 saturated heterocycles. The largest absolute Gasteiger partial charge is 0.497 e. The fourth-order valence-electron chi connectivity index (χ4n) is 8.41. The minimum absolute atomic E-state index is 0.119. The molecule has 0 aromatic heterocycles. The van der Waals surface area contributed by atoms with Crippen molar-refractivity contribution in [1.29, 1.82) is 0 Å². The molecule has 0 bridgehead atoms. The number of fused-ring (bicyclic) bond motifs is 5. The van der Waals surface area contributed by atoms with Crippen LogP contribution in [0.2, 0.25) is 0 Å². The van der Waals surface area contributed by atoms with Gasteiger partial charge in [0.1, 0.15) is 5.75 Å². The van der Waals surface area contributed by atoms with Crippen LogP contribution < -0.4 is 14.2 Å². The van der Waals surface area contributed by atoms with E-state index in [1.54, 1.807) is 21.3 Å². The smallest absolute Gasteiger partial charge is 0.161 e. The zero-order valence-electron chi connectivity index (χ0n) is 30.3. The molecule has 1 atom stereocenters. The predicted molar refractivity (Wildman–Crippen MR) is 209 cm³/mol. The van der Waals surface area contributed by atoms with E-state index < -0.39 is 5.41 Å². The van der Waals surface area contributed by atoms with E-state index in [4.69, 9.17) is 14.2 Å². The molecule has 3 nitrogen and oxygen atoms in total. The van der Waals surface area contributed by atoms with Crippen LogP contribution in [0, 0.1) is 6.92 Å². The van der Waals surface area contributed by atoms with E-state index in [-0.39, 0.29) is 5.41 Å². The highest BCUT2D eigenvalue weighted by Crippen LogP contribution is 2.58. The maximum Gasteiger partial charge on any atom is 0.161 e. The molecule has 0 amide bonds. The average molecular weight is 659 g/mol. The standard InChI is InChI=1S/C47H46O3/c1-8-47(9-2)41-18-14-13-17-38(41)44-40-30-43(50-7)42(49-6)29-39(40)31(3)37(45(44)47)27-28-46(4,35-23-25-36(48-5)26-24-35)34-21-19-33(20-22-34)32-15-11-10-12-16-32/h10-30H,8-9H2,1-7H3/b28-27-. The van der Waals surface area contributed by atoms with Crippen molar-refractivity contribution in [1.82, 2.24) is 0 Å². The quantitative estimate of drug-likeness (QED) is 0.147. The number of ether oxygens (including phenoxy) is 3. The van der Waals surface area contributed by atoms with Crippen molar-refractivity contribution >= 4 is 16.8 Å². The van der Waals surface area contributed by atoms with Gasteiger partial charge >= 0.3 is 0 Å². The van der Waals surface area contributed by atoms with E-state index in [0.29, 0.717) is 0 Å². The first-order valence-corrected chi connectivity index (χ1v) is 17.7. The summed E-state index contributed by atoms with van der Waals surface area (Å²) in [6.45, 7) is 9.28. The number of methoxy groups -OCH3 is 3. The highest BCUT2D eigenvalue weighted by molar-refractivity contribution is 6.07. The van der Waals surface area contributed by atoms with Crippen molar-refractivity contribution < 1.29 is 14.2 Å². The summed E-state index contributed by atoms with van der Waals surface area (Å²) in [5, 5.41) is 2.38. The molecule has 6 aromatic rings. The number of aryl methyl sites for hydroxylation is 1. The zero-order valence-corrected chi connectivity index (χ0v) is 30.3. The molecule has 3 heteroatoms. The van der Waals surface area contributed by atoms with Crippen LogP contribution in [0.25, 0.3) is 39.1 Å². The monoisotopic (exact) mass is 658 g/mol. The van der Waals surface area contributed by atoms with Gasteiger partial charge < -0.3 is 14.2 Å². The lowest BCUT2D eigenvalue weighted by molar-refractivity contribution is 0.356. The Hall–Kier alpha value is -5.28. The summed E-state index contributed by atoms with van der Waals surface area (Å²) in [5.41, 5.74) is 12.2. The topological polar surface area (TPSA) is 27.7 Å². The van der Waals surface area contributed by atoms with Gasteiger partial charge in [-0.3, -0.25) is 0 Å². The number of benzene rings is 6. The van der Waals surface area contributed by atoms with Gasteiger partial charge in [0, 0.05) is 10.8 Å². The molecule has 0 fully saturated rings. The molecular weight excluding hydrogens is 613 g/mol. The highest BCUT2D eigenvalue weighted by Gasteiger charge is 2.43. The van der Waals surface area contributed by atoms with Crippen LogP contribution in [-0.4, -0.2) is 21.3 Å². The van der Waals surface area contributed by atoms with Crippen LogP contribution in [0.4, 0.5) is 0 Å². The number of hydrogen-bond donors (Lipinski definition) is 0. The van der Waals surface area contributed by atoms with Gasteiger partial charge in [-0.15, -0.1) is 0 Å². The first-order valence-electron chi connectivity index (χ1n) is 17.7. The zero-order chi connectivity index (χ0) is 35.0. The molecular formula is C47H46O3. The van der Waals surface area contributed by atoms with Crippen molar-refractivity contribution in [3.8, 4) is 39.5 Å². The SMILES string of the molecule is CCC1(CC)c2ccccc2-c2c1c(/C=C\C(C)(c1ccc(OC)cc1)c1ccc(-c3ccccc3)cc1)c(C)c1cc(OC)c(OC)cc21. The number of allylic oxidation sites excluding steroid dienone is 1. The molecule has 1 aliphatic rings. The first-order chi connectivity index (χ1) is 24.3. The Morgan fingerprint density at radius 3 is 1.80 bits per heavy atom. The molecule has 0 spiro atoms. The lowest BCUT2D eigenvalue weighted by Crippen LogP contribution is -2.25. The van der Waals surface area contributed by atoms with Crippen LogP contribution >= 0.6 is 0 Å². The summed E-state index contributed by atoms with van der Waals surface area (Å²) in [7, 11) is 5.15. The Bertz CT molecular complexity index is 2190. The van der Waals surface area contributed by atoms with Crippen LogP contribution in [0.3, 0.4) is 0 Å². The molecule has 0 radical (unpaired) electrons. The number of rotatable bonds is 10. The first kappa shape index (κ1) is 33.2. The van der Waals surface area contributed by atoms with Gasteiger partial charge in [-0.05, 0) is 117 Å². The van der Waals surface area contributed by atoms with Crippen LogP contribution in [0.15, 0.2) is 121 Å². The fourth-order valence-corrected chi connectivity index (χ4v) is 8.41. The highest BCUT2D eigenvalue weighted by atomic mass is 16.5. The minimum atomic E-state index is -0.431. The Balaban J connectivity index is 1.50. The molecule has 50 heavy (non-hydrogen) atoms. The molecule has 252 valence electrons. The van der Waals surface area contributed by atoms with Gasteiger partial charge in [-0.2, -0.15) is 0 Å². The lowest BCUT2D eigenvalue weighted by atomic mass is 9.70. The average Bonchev–Trinajstić information content (AvgIpc) is 3.48. The van der Waals surface area contributed by atoms with E-state index in [1.807, 2.05) is 0 Å². The third-order valence-electron chi connectivity index (χ3n) is 11.4. The van der Waals surface area contributed by atoms with E-state index >= 15 is 0 Å². The van der Waals surface area contributed by atoms with Crippen LogP contribution in [-0.2, 0) is 10.8 Å². The number of hydrogen-bond acceptors (Lipinski definition) is 3. The van der Waals surface area contributed by atoms with Gasteiger partial charge in [0.25, 0.3) is 0 Å². The second-order valence-electron chi connectivity index (χ2n) is 13.6. The second-order valence-corrected chi connectivity index (χ2v) is 13.6. The van der Waals surface area contributed by atoms with Crippen LogP contribution in [0.1, 0.15) is 67.0 Å². The van der Waals surface area contributed by atoms with Crippen molar-refractivity contribution in [2.45, 2.75) is 51.4 Å². The predicted octanol–water partition coefficient (Wildman–Crippen LogP) is 11.9. The third-order valence-corrected chi connectivity index (χ3v) is 11.4. The molecule has 0 aliphatic heterocycles. The summed E-state index contributed by atoms with van der Waals surface area (Å²) < 4.78 is 17.3.